The Balaban J connectivity index is 2.07. The van der Waals surface area contributed by atoms with E-state index in [9.17, 15) is 14.4 Å². The lowest BCUT2D eigenvalue weighted by Crippen LogP contribution is -2.35. The highest BCUT2D eigenvalue weighted by Crippen LogP contribution is 2.45. The molecule has 10 nitrogen and oxygen atoms in total. The van der Waals surface area contributed by atoms with Crippen LogP contribution in [0, 0.1) is 24.2 Å². The molecule has 0 bridgehead atoms. The molecule has 4 atom stereocenters. The average Bonchev–Trinajstić information content (AvgIpc) is 3.22. The van der Waals surface area contributed by atoms with E-state index in [4.69, 9.17) is 15.9 Å². The highest BCUT2D eigenvalue weighted by Gasteiger charge is 2.54. The summed E-state index contributed by atoms with van der Waals surface area (Å²) in [5, 5.41) is 2.54. The van der Waals surface area contributed by atoms with Crippen LogP contribution < -0.4 is 10.9 Å². The number of hydrogen-bond donors (Lipinski definition) is 2. The van der Waals surface area contributed by atoms with Gasteiger partial charge in [-0.15, -0.1) is 6.42 Å². The molecule has 1 fully saturated rings. The van der Waals surface area contributed by atoms with E-state index in [1.807, 2.05) is 13.8 Å². The van der Waals surface area contributed by atoms with E-state index in [-0.39, 0.29) is 34.9 Å². The van der Waals surface area contributed by atoms with Gasteiger partial charge in [0.05, 0.1) is 0 Å². The number of aromatic nitrogens is 4. The summed E-state index contributed by atoms with van der Waals surface area (Å²) in [6, 6.07) is 0. The van der Waals surface area contributed by atoms with Gasteiger partial charge >= 0.3 is 5.97 Å². The molecule has 10 heteroatoms. The Labute approximate surface area is 173 Å². The number of ether oxygens (including phenoxy) is 2. The smallest absolute Gasteiger partial charge is 0.303 e. The summed E-state index contributed by atoms with van der Waals surface area (Å²) < 4.78 is 13.1. The monoisotopic (exact) mass is 415 g/mol. The van der Waals surface area contributed by atoms with Crippen molar-refractivity contribution in [2.24, 2.45) is 11.8 Å². The number of hydrogen-bond acceptors (Lipinski definition) is 7. The van der Waals surface area contributed by atoms with E-state index >= 15 is 0 Å². The first kappa shape index (κ1) is 21.5. The molecule has 0 aromatic carbocycles. The van der Waals surface area contributed by atoms with Crippen molar-refractivity contribution < 1.29 is 19.1 Å². The highest BCUT2D eigenvalue weighted by atomic mass is 16.6. The zero-order valence-electron chi connectivity index (χ0n) is 17.6. The van der Waals surface area contributed by atoms with Gasteiger partial charge in [0.2, 0.25) is 11.9 Å². The number of carbonyl (C=O) groups excluding carboxylic acids is 2. The van der Waals surface area contributed by atoms with E-state index in [2.05, 4.69) is 26.2 Å². The van der Waals surface area contributed by atoms with Gasteiger partial charge < -0.3 is 9.47 Å². The molecule has 2 aromatic heterocycles. The molecule has 0 saturated carbocycles. The molecule has 30 heavy (non-hydrogen) atoms. The van der Waals surface area contributed by atoms with Crippen LogP contribution in [0.3, 0.4) is 0 Å². The summed E-state index contributed by atoms with van der Waals surface area (Å²) in [4.78, 5) is 47.3. The molecule has 1 aliphatic rings. The minimum Gasteiger partial charge on any atom is -0.457 e. The lowest BCUT2D eigenvalue weighted by atomic mass is 9.85. The number of imidazole rings is 1. The number of aromatic amines is 1. The fraction of sp³-hybridized carbons (Fsp3) is 0.550. The highest BCUT2D eigenvalue weighted by molar-refractivity contribution is 5.91. The molecular formula is C20H25N5O5. The van der Waals surface area contributed by atoms with Crippen LogP contribution in [-0.4, -0.2) is 43.1 Å². The maximum Gasteiger partial charge on any atom is 0.303 e. The Kier molecular flexibility index (Phi) is 5.67. The average molecular weight is 415 g/mol. The third-order valence-corrected chi connectivity index (χ3v) is 5.39. The fourth-order valence-corrected chi connectivity index (χ4v) is 3.61. The quantitative estimate of drug-likeness (QED) is 0.560. The third kappa shape index (κ3) is 3.57. The van der Waals surface area contributed by atoms with Gasteiger partial charge in [-0.05, 0) is 6.42 Å². The van der Waals surface area contributed by atoms with Crippen LogP contribution in [0.5, 0.6) is 0 Å². The van der Waals surface area contributed by atoms with Crippen LogP contribution in [0.1, 0.15) is 47.3 Å². The normalized spacial score (nSPS) is 26.0. The van der Waals surface area contributed by atoms with Gasteiger partial charge in [-0.1, -0.05) is 33.6 Å². The Morgan fingerprint density at radius 1 is 1.50 bits per heavy atom. The zero-order chi connectivity index (χ0) is 22.2. The third-order valence-electron chi connectivity index (χ3n) is 5.39. The molecule has 3 rings (SSSR count). The van der Waals surface area contributed by atoms with Crippen molar-refractivity contribution >= 4 is 29.0 Å². The molecule has 1 amide bonds. The van der Waals surface area contributed by atoms with Crippen molar-refractivity contribution in [1.29, 1.82) is 0 Å². The number of terminal acetylenes is 1. The molecular weight excluding hydrogens is 390 g/mol. The number of nitrogens with zero attached hydrogens (tertiary/aromatic N) is 3. The predicted molar refractivity (Wildman–Crippen MR) is 108 cm³/mol. The largest absolute Gasteiger partial charge is 0.457 e. The molecule has 1 aliphatic heterocycles. The van der Waals surface area contributed by atoms with Crippen LogP contribution >= 0.6 is 0 Å². The molecule has 3 heterocycles. The number of carbonyl (C=O) groups is 2. The van der Waals surface area contributed by atoms with Gasteiger partial charge in [-0.3, -0.25) is 29.3 Å². The maximum absolute atomic E-state index is 12.8. The number of rotatable bonds is 5. The van der Waals surface area contributed by atoms with E-state index in [0.29, 0.717) is 6.42 Å². The molecule has 0 spiro atoms. The van der Waals surface area contributed by atoms with Crippen molar-refractivity contribution in [2.75, 3.05) is 5.32 Å². The first-order chi connectivity index (χ1) is 14.1. The van der Waals surface area contributed by atoms with E-state index in [0.717, 1.165) is 0 Å². The molecule has 2 N–H and O–H groups in total. The first-order valence-electron chi connectivity index (χ1n) is 9.74. The van der Waals surface area contributed by atoms with Gasteiger partial charge in [0.1, 0.15) is 11.9 Å². The molecule has 0 radical (unpaired) electrons. The van der Waals surface area contributed by atoms with Gasteiger partial charge in [0.25, 0.3) is 5.56 Å². The van der Waals surface area contributed by atoms with Crippen molar-refractivity contribution in [3.8, 4) is 12.3 Å². The molecule has 1 saturated heterocycles. The summed E-state index contributed by atoms with van der Waals surface area (Å²) in [7, 11) is 0. The number of fused-ring (bicyclic) bond motifs is 1. The summed E-state index contributed by atoms with van der Waals surface area (Å²) in [5.41, 5.74) is -1.25. The fourth-order valence-electron chi connectivity index (χ4n) is 3.61. The molecule has 2 aromatic rings. The van der Waals surface area contributed by atoms with Gasteiger partial charge in [0.15, 0.2) is 23.5 Å². The molecule has 0 aliphatic carbocycles. The minimum absolute atomic E-state index is 0.000208. The summed E-state index contributed by atoms with van der Waals surface area (Å²) in [6.45, 7) is 8.47. The van der Waals surface area contributed by atoms with Gasteiger partial charge in [-0.25, -0.2) is 4.98 Å². The van der Waals surface area contributed by atoms with Gasteiger partial charge in [0, 0.05) is 18.8 Å². The number of amides is 1. The minimum atomic E-state index is -0.966. The summed E-state index contributed by atoms with van der Waals surface area (Å²) in [5.74, 6) is 1.29. The molecule has 160 valence electrons. The molecule has 1 unspecified atom stereocenters. The Hall–Kier alpha value is -3.19. The van der Waals surface area contributed by atoms with Crippen LogP contribution in [0.25, 0.3) is 11.2 Å². The van der Waals surface area contributed by atoms with Gasteiger partial charge in [-0.2, -0.15) is 4.98 Å². The number of esters is 1. The van der Waals surface area contributed by atoms with Crippen molar-refractivity contribution in [3.63, 3.8) is 0 Å². The maximum atomic E-state index is 12.8. The Morgan fingerprint density at radius 2 is 2.20 bits per heavy atom. The number of H-pyrrole nitrogens is 1. The summed E-state index contributed by atoms with van der Waals surface area (Å²) in [6.07, 6.45) is 6.04. The van der Waals surface area contributed by atoms with Crippen molar-refractivity contribution in [2.45, 2.75) is 59.0 Å². The Morgan fingerprint density at radius 3 is 2.77 bits per heavy atom. The first-order valence-corrected chi connectivity index (χ1v) is 9.74. The van der Waals surface area contributed by atoms with E-state index in [1.165, 1.54) is 17.8 Å². The SMILES string of the molecule is C#C[C@]1(CC)O[C@@H](n2cnc3nc(NC(=O)C(C)C)[nH]c(=O)c32)[C@@H](OC(C)=O)C1C. The Bertz CT molecular complexity index is 1080. The predicted octanol–water partition coefficient (Wildman–Crippen LogP) is 1.59. The van der Waals surface area contributed by atoms with E-state index < -0.39 is 29.5 Å². The zero-order valence-corrected chi connectivity index (χ0v) is 17.6. The van der Waals surface area contributed by atoms with E-state index in [1.54, 1.807) is 13.8 Å². The lowest BCUT2D eigenvalue weighted by Gasteiger charge is -2.25. The second-order valence-corrected chi connectivity index (χ2v) is 7.64. The number of anilines is 1. The van der Waals surface area contributed by atoms with Crippen molar-refractivity contribution in [3.05, 3.63) is 16.7 Å². The van der Waals surface area contributed by atoms with Crippen LogP contribution in [-0.2, 0) is 19.1 Å². The summed E-state index contributed by atoms with van der Waals surface area (Å²) >= 11 is 0. The second kappa shape index (κ2) is 7.91. The topological polar surface area (TPSA) is 128 Å². The standard InChI is InChI=1S/C20H25N5O5/c1-7-20(8-2)11(5)14(29-12(6)26)18(30-20)25-9-21-15-13(25)17(28)24-19(22-15)23-16(27)10(3)4/h1,9-11,14,18H,8H2,2-6H3,(H2,22,23,24,27,28)/t11?,14-,18+,20+/m0/s1. The van der Waals surface area contributed by atoms with Crippen molar-refractivity contribution in [1.82, 2.24) is 19.5 Å². The van der Waals surface area contributed by atoms with Crippen LogP contribution in [0.2, 0.25) is 0 Å². The van der Waals surface area contributed by atoms with Crippen LogP contribution in [0.15, 0.2) is 11.1 Å². The second-order valence-electron chi connectivity index (χ2n) is 7.64. The van der Waals surface area contributed by atoms with Crippen LogP contribution in [0.4, 0.5) is 5.95 Å². The lowest BCUT2D eigenvalue weighted by molar-refractivity contribution is -0.153. The number of nitrogens with one attached hydrogen (secondary N) is 2.